The first-order chi connectivity index (χ1) is 15.6. The molecular formula is C24H37N3O4S. The van der Waals surface area contributed by atoms with Crippen molar-refractivity contribution in [3.8, 4) is 5.88 Å². The Kier molecular flexibility index (Phi) is 13.6. The topological polar surface area (TPSA) is 80.8 Å². The third-order valence-electron chi connectivity index (χ3n) is 5.04. The molecule has 0 aromatic carbocycles. The predicted octanol–water partition coefficient (Wildman–Crippen LogP) is 3.59. The molecule has 2 heterocycles. The summed E-state index contributed by atoms with van der Waals surface area (Å²) < 4.78 is 10.6. The highest BCUT2D eigenvalue weighted by Gasteiger charge is 2.10. The molecule has 32 heavy (non-hydrogen) atoms. The van der Waals surface area contributed by atoms with Gasteiger partial charge in [-0.3, -0.25) is 14.5 Å². The van der Waals surface area contributed by atoms with Crippen molar-refractivity contribution in [2.24, 2.45) is 0 Å². The van der Waals surface area contributed by atoms with E-state index in [-0.39, 0.29) is 11.9 Å². The number of hydrogen-bond donors (Lipinski definition) is 1. The van der Waals surface area contributed by atoms with Crippen molar-refractivity contribution < 1.29 is 19.1 Å². The molecule has 2 rings (SSSR count). The number of piperidine rings is 1. The Bertz CT molecular complexity index is 708. The highest BCUT2D eigenvalue weighted by atomic mass is 32.2. The predicted molar refractivity (Wildman–Crippen MR) is 129 cm³/mol. The number of nitrogens with one attached hydrogen (secondary N) is 1. The number of pyridine rings is 1. The van der Waals surface area contributed by atoms with Gasteiger partial charge in [-0.15, -0.1) is 0 Å². The lowest BCUT2D eigenvalue weighted by atomic mass is 10.1. The molecule has 0 spiro atoms. The van der Waals surface area contributed by atoms with Crippen molar-refractivity contribution in [2.75, 3.05) is 44.4 Å². The van der Waals surface area contributed by atoms with Crippen LogP contribution in [-0.2, 0) is 20.9 Å². The molecule has 1 N–H and O–H groups in total. The Labute approximate surface area is 196 Å². The largest absolute Gasteiger partial charge is 0.473 e. The first kappa shape index (κ1) is 26.2. The molecule has 0 saturated carbocycles. The SMILES string of the molecule is CC(=O)OCCSCCCCC(=O)NCC=CCOc1cc(CN2CCCCC2)ccn1. The van der Waals surface area contributed by atoms with E-state index >= 15 is 0 Å². The van der Waals surface area contributed by atoms with Gasteiger partial charge in [0.1, 0.15) is 13.2 Å². The summed E-state index contributed by atoms with van der Waals surface area (Å²) in [6, 6.07) is 4.06. The summed E-state index contributed by atoms with van der Waals surface area (Å²) in [6.45, 7) is 6.10. The average molecular weight is 464 g/mol. The van der Waals surface area contributed by atoms with Crippen LogP contribution in [0.3, 0.4) is 0 Å². The van der Waals surface area contributed by atoms with Gasteiger partial charge < -0.3 is 14.8 Å². The third kappa shape index (κ3) is 12.7. The lowest BCUT2D eigenvalue weighted by molar-refractivity contribution is -0.140. The molecule has 1 aromatic rings. The number of carbonyl (C=O) groups is 2. The molecule has 0 atom stereocenters. The molecule has 1 fully saturated rings. The smallest absolute Gasteiger partial charge is 0.302 e. The zero-order valence-electron chi connectivity index (χ0n) is 19.2. The molecule has 1 saturated heterocycles. The molecular weight excluding hydrogens is 426 g/mol. The minimum atomic E-state index is -0.239. The van der Waals surface area contributed by atoms with E-state index in [0.717, 1.165) is 30.9 Å². The number of rotatable bonds is 15. The fraction of sp³-hybridized carbons (Fsp3) is 0.625. The standard InChI is InChI=1S/C24H37N3O4S/c1-21(28)30-16-18-32-17-8-3-9-23(29)25-11-4-7-15-31-24-19-22(10-12-26-24)20-27-13-5-2-6-14-27/h4,7,10,12,19H,2-3,5-6,8-9,11,13-18,20H2,1H3,(H,25,29). The molecule has 0 bridgehead atoms. The van der Waals surface area contributed by atoms with E-state index in [1.807, 2.05) is 18.2 Å². The lowest BCUT2D eigenvalue weighted by Gasteiger charge is -2.26. The first-order valence-electron chi connectivity index (χ1n) is 11.6. The van der Waals surface area contributed by atoms with Crippen molar-refractivity contribution in [3.05, 3.63) is 36.0 Å². The minimum Gasteiger partial charge on any atom is -0.473 e. The van der Waals surface area contributed by atoms with E-state index < -0.39 is 0 Å². The molecule has 1 aliphatic heterocycles. The van der Waals surface area contributed by atoms with Crippen LogP contribution in [0.1, 0.15) is 51.0 Å². The summed E-state index contributed by atoms with van der Waals surface area (Å²) >= 11 is 1.74. The maximum absolute atomic E-state index is 11.9. The Hall–Kier alpha value is -2.06. The molecule has 1 amide bonds. The Morgan fingerprint density at radius 1 is 1.19 bits per heavy atom. The lowest BCUT2D eigenvalue weighted by Crippen LogP contribution is -2.29. The van der Waals surface area contributed by atoms with Crippen molar-refractivity contribution in [1.29, 1.82) is 0 Å². The van der Waals surface area contributed by atoms with Crippen LogP contribution in [0.5, 0.6) is 5.88 Å². The maximum atomic E-state index is 11.9. The van der Waals surface area contributed by atoms with E-state index in [9.17, 15) is 9.59 Å². The molecule has 8 heteroatoms. The van der Waals surface area contributed by atoms with Crippen LogP contribution in [0.4, 0.5) is 0 Å². The summed E-state index contributed by atoms with van der Waals surface area (Å²) in [4.78, 5) is 29.3. The Morgan fingerprint density at radius 3 is 2.84 bits per heavy atom. The van der Waals surface area contributed by atoms with Crippen LogP contribution < -0.4 is 10.1 Å². The van der Waals surface area contributed by atoms with Crippen molar-refractivity contribution >= 4 is 23.6 Å². The van der Waals surface area contributed by atoms with Gasteiger partial charge in [0.05, 0.1) is 0 Å². The monoisotopic (exact) mass is 463 g/mol. The van der Waals surface area contributed by atoms with Gasteiger partial charge in [-0.25, -0.2) is 4.98 Å². The third-order valence-corrected chi connectivity index (χ3v) is 6.07. The number of hydrogen-bond acceptors (Lipinski definition) is 7. The van der Waals surface area contributed by atoms with E-state index in [1.54, 1.807) is 18.0 Å². The number of nitrogens with zero attached hydrogens (tertiary/aromatic N) is 2. The van der Waals surface area contributed by atoms with Gasteiger partial charge in [-0.2, -0.15) is 11.8 Å². The van der Waals surface area contributed by atoms with Crippen molar-refractivity contribution in [2.45, 2.75) is 52.0 Å². The van der Waals surface area contributed by atoms with Crippen LogP contribution in [0.2, 0.25) is 0 Å². The zero-order valence-corrected chi connectivity index (χ0v) is 20.0. The summed E-state index contributed by atoms with van der Waals surface area (Å²) in [5.74, 6) is 2.24. The van der Waals surface area contributed by atoms with Gasteiger partial charge in [-0.1, -0.05) is 12.5 Å². The van der Waals surface area contributed by atoms with E-state index in [0.29, 0.717) is 32.1 Å². The molecule has 0 radical (unpaired) electrons. The molecule has 1 aromatic heterocycles. The van der Waals surface area contributed by atoms with Gasteiger partial charge in [-0.05, 0) is 62.2 Å². The summed E-state index contributed by atoms with van der Waals surface area (Å²) in [5.41, 5.74) is 1.23. The molecule has 0 aliphatic carbocycles. The quantitative estimate of drug-likeness (QED) is 0.242. The fourth-order valence-corrected chi connectivity index (χ4v) is 4.20. The number of likely N-dealkylation sites (tertiary alicyclic amines) is 1. The van der Waals surface area contributed by atoms with Gasteiger partial charge in [0, 0.05) is 44.5 Å². The normalized spacial score (nSPS) is 14.4. The molecule has 1 aliphatic rings. The number of unbranched alkanes of at least 4 members (excludes halogenated alkanes) is 1. The maximum Gasteiger partial charge on any atom is 0.302 e. The summed E-state index contributed by atoms with van der Waals surface area (Å²) in [7, 11) is 0. The van der Waals surface area contributed by atoms with E-state index in [4.69, 9.17) is 9.47 Å². The van der Waals surface area contributed by atoms with E-state index in [1.165, 1.54) is 44.8 Å². The van der Waals surface area contributed by atoms with Gasteiger partial charge in [0.15, 0.2) is 0 Å². The molecule has 0 unspecified atom stereocenters. The second-order valence-electron chi connectivity index (χ2n) is 7.84. The second-order valence-corrected chi connectivity index (χ2v) is 9.06. The number of carbonyl (C=O) groups excluding carboxylic acids is 2. The van der Waals surface area contributed by atoms with Crippen molar-refractivity contribution in [3.63, 3.8) is 0 Å². The Morgan fingerprint density at radius 2 is 2.03 bits per heavy atom. The minimum absolute atomic E-state index is 0.0626. The molecule has 7 nitrogen and oxygen atoms in total. The second kappa shape index (κ2) is 16.6. The number of thioether (sulfide) groups is 1. The van der Waals surface area contributed by atoms with Crippen LogP contribution >= 0.6 is 11.8 Å². The van der Waals surface area contributed by atoms with Gasteiger partial charge in [0.25, 0.3) is 0 Å². The van der Waals surface area contributed by atoms with Crippen LogP contribution in [0, 0.1) is 0 Å². The number of esters is 1. The summed E-state index contributed by atoms with van der Waals surface area (Å²) in [6.07, 6.45) is 11.9. The van der Waals surface area contributed by atoms with Crippen LogP contribution in [-0.4, -0.2) is 66.1 Å². The molecule has 178 valence electrons. The van der Waals surface area contributed by atoms with Crippen molar-refractivity contribution in [1.82, 2.24) is 15.2 Å². The van der Waals surface area contributed by atoms with Gasteiger partial charge in [0.2, 0.25) is 11.8 Å². The summed E-state index contributed by atoms with van der Waals surface area (Å²) in [5, 5.41) is 2.89. The van der Waals surface area contributed by atoms with Crippen LogP contribution in [0.25, 0.3) is 0 Å². The fourth-order valence-electron chi connectivity index (χ4n) is 3.39. The Balaban J connectivity index is 1.48. The van der Waals surface area contributed by atoms with E-state index in [2.05, 4.69) is 21.3 Å². The average Bonchev–Trinajstić information content (AvgIpc) is 2.78. The number of amides is 1. The highest BCUT2D eigenvalue weighted by molar-refractivity contribution is 7.99. The number of aromatic nitrogens is 1. The number of ether oxygens (including phenoxy) is 2. The van der Waals surface area contributed by atoms with Gasteiger partial charge >= 0.3 is 5.97 Å². The first-order valence-corrected chi connectivity index (χ1v) is 12.7. The van der Waals surface area contributed by atoms with Crippen LogP contribution in [0.15, 0.2) is 30.5 Å². The highest BCUT2D eigenvalue weighted by Crippen LogP contribution is 2.15. The zero-order chi connectivity index (χ0) is 22.9.